The van der Waals surface area contributed by atoms with Crippen molar-refractivity contribution in [2.45, 2.75) is 25.4 Å². The zero-order valence-electron chi connectivity index (χ0n) is 13.9. The lowest BCUT2D eigenvalue weighted by atomic mass is 9.99. The lowest BCUT2D eigenvalue weighted by Crippen LogP contribution is -2.47. The summed E-state index contributed by atoms with van der Waals surface area (Å²) in [5.41, 5.74) is 2.16. The topological polar surface area (TPSA) is 84.9 Å². The van der Waals surface area contributed by atoms with E-state index in [4.69, 9.17) is 9.47 Å². The van der Waals surface area contributed by atoms with E-state index in [2.05, 4.69) is 5.32 Å². The molecule has 132 valence electrons. The number of hydrogen-bond donors (Lipinski definition) is 1. The fraction of sp³-hybridized carbons (Fsp3) is 0.562. The van der Waals surface area contributed by atoms with Gasteiger partial charge in [0.15, 0.2) is 21.3 Å². The summed E-state index contributed by atoms with van der Waals surface area (Å²) in [5.74, 6) is 1.51. The number of carbonyl (C=O) groups is 1. The summed E-state index contributed by atoms with van der Waals surface area (Å²) in [6.07, 6.45) is 1.22. The summed E-state index contributed by atoms with van der Waals surface area (Å²) < 4.78 is 33.6. The minimum Gasteiger partial charge on any atom is -0.493 e. The van der Waals surface area contributed by atoms with Crippen molar-refractivity contribution in [1.82, 2.24) is 10.2 Å². The van der Waals surface area contributed by atoms with E-state index >= 15 is 0 Å². The largest absolute Gasteiger partial charge is 0.493 e. The normalized spacial score (nSPS) is 21.9. The van der Waals surface area contributed by atoms with Crippen molar-refractivity contribution in [3.8, 4) is 11.5 Å². The number of sulfone groups is 1. The average Bonchev–Trinajstić information content (AvgIpc) is 2.91. The smallest absolute Gasteiger partial charge is 0.317 e. The highest BCUT2D eigenvalue weighted by atomic mass is 32.2. The first-order valence-corrected chi connectivity index (χ1v) is 9.73. The van der Waals surface area contributed by atoms with Crippen LogP contribution in [0.4, 0.5) is 4.79 Å². The van der Waals surface area contributed by atoms with E-state index < -0.39 is 9.84 Å². The van der Waals surface area contributed by atoms with Crippen molar-refractivity contribution in [2.75, 3.05) is 32.3 Å². The Balaban J connectivity index is 1.69. The zero-order valence-corrected chi connectivity index (χ0v) is 14.7. The van der Waals surface area contributed by atoms with Crippen LogP contribution < -0.4 is 14.8 Å². The fourth-order valence-electron chi connectivity index (χ4n) is 3.23. The number of amides is 2. The van der Waals surface area contributed by atoms with Gasteiger partial charge >= 0.3 is 6.03 Å². The van der Waals surface area contributed by atoms with Crippen molar-refractivity contribution in [2.24, 2.45) is 0 Å². The lowest BCUT2D eigenvalue weighted by molar-refractivity contribution is 0.189. The van der Waals surface area contributed by atoms with Gasteiger partial charge < -0.3 is 19.7 Å². The molecule has 2 heterocycles. The Hall–Kier alpha value is -1.96. The van der Waals surface area contributed by atoms with Gasteiger partial charge in [-0.2, -0.15) is 0 Å². The first kappa shape index (κ1) is 16.9. The molecule has 7 nitrogen and oxygen atoms in total. The van der Waals surface area contributed by atoms with Crippen LogP contribution in [0.2, 0.25) is 0 Å². The maximum Gasteiger partial charge on any atom is 0.317 e. The summed E-state index contributed by atoms with van der Waals surface area (Å²) in [6.45, 7) is 1.06. The van der Waals surface area contributed by atoms with Crippen molar-refractivity contribution in [3.05, 3.63) is 23.3 Å². The van der Waals surface area contributed by atoms with Crippen LogP contribution in [0.5, 0.6) is 11.5 Å². The average molecular weight is 354 g/mol. The van der Waals surface area contributed by atoms with Gasteiger partial charge in [-0.3, -0.25) is 0 Å². The molecule has 3 rings (SSSR count). The second-order valence-corrected chi connectivity index (χ2v) is 8.43. The molecule has 2 aliphatic rings. The summed E-state index contributed by atoms with van der Waals surface area (Å²) in [5, 5.41) is 2.84. The van der Waals surface area contributed by atoms with Crippen LogP contribution in [-0.2, 0) is 22.8 Å². The molecule has 0 saturated carbocycles. The number of rotatable bonds is 3. The van der Waals surface area contributed by atoms with Gasteiger partial charge in [0.25, 0.3) is 0 Å². The Bertz CT molecular complexity index is 747. The number of hydrogen-bond acceptors (Lipinski definition) is 5. The Morgan fingerprint density at radius 1 is 1.21 bits per heavy atom. The summed E-state index contributed by atoms with van der Waals surface area (Å²) >= 11 is 0. The third-order valence-corrected chi connectivity index (χ3v) is 6.33. The van der Waals surface area contributed by atoms with Gasteiger partial charge in [0.1, 0.15) is 0 Å². The van der Waals surface area contributed by atoms with Gasteiger partial charge in [-0.05, 0) is 36.1 Å². The number of ether oxygens (including phenoxy) is 2. The molecule has 1 fully saturated rings. The molecule has 0 bridgehead atoms. The van der Waals surface area contributed by atoms with E-state index in [1.54, 1.807) is 19.1 Å². The molecule has 1 unspecified atom stereocenters. The molecule has 1 N–H and O–H groups in total. The number of nitrogens with zero attached hydrogens (tertiary/aromatic N) is 1. The first-order valence-electron chi connectivity index (χ1n) is 7.91. The number of benzene rings is 1. The van der Waals surface area contributed by atoms with Crippen LogP contribution in [0.15, 0.2) is 12.1 Å². The molecule has 24 heavy (non-hydrogen) atoms. The van der Waals surface area contributed by atoms with Gasteiger partial charge in [-0.1, -0.05) is 0 Å². The number of nitrogens with one attached hydrogen (secondary N) is 1. The Morgan fingerprint density at radius 2 is 1.88 bits per heavy atom. The second-order valence-electron chi connectivity index (χ2n) is 6.20. The molecular formula is C16H22N2O5S. The maximum atomic E-state index is 12.4. The molecule has 0 spiro atoms. The zero-order chi connectivity index (χ0) is 17.3. The molecule has 1 aromatic rings. The minimum absolute atomic E-state index is 0.0359. The highest BCUT2D eigenvalue weighted by Crippen LogP contribution is 2.33. The Morgan fingerprint density at radius 3 is 2.46 bits per heavy atom. The highest BCUT2D eigenvalue weighted by molar-refractivity contribution is 7.91. The van der Waals surface area contributed by atoms with E-state index in [0.717, 1.165) is 17.5 Å². The predicted octanol–water partition coefficient (Wildman–Crippen LogP) is 0.959. The first-order chi connectivity index (χ1) is 11.4. The predicted molar refractivity (Wildman–Crippen MR) is 89.3 cm³/mol. The minimum atomic E-state index is -3.00. The molecular weight excluding hydrogens is 332 g/mol. The summed E-state index contributed by atoms with van der Waals surface area (Å²) in [6, 6.07) is 3.35. The van der Waals surface area contributed by atoms with E-state index in [1.807, 2.05) is 12.1 Å². The monoisotopic (exact) mass is 354 g/mol. The SMILES string of the molecule is COc1cc2c(cc1OC)CN(C(=O)NC1CCS(=O)(=O)C1)CC2. The van der Waals surface area contributed by atoms with Crippen LogP contribution in [0.3, 0.4) is 0 Å². The van der Waals surface area contributed by atoms with Gasteiger partial charge in [-0.25, -0.2) is 13.2 Å². The third-order valence-electron chi connectivity index (χ3n) is 4.57. The van der Waals surface area contributed by atoms with Crippen molar-refractivity contribution in [3.63, 3.8) is 0 Å². The molecule has 0 aliphatic carbocycles. The van der Waals surface area contributed by atoms with Crippen LogP contribution in [-0.4, -0.2) is 57.7 Å². The third kappa shape index (κ3) is 3.43. The van der Waals surface area contributed by atoms with E-state index in [-0.39, 0.29) is 23.6 Å². The van der Waals surface area contributed by atoms with E-state index in [0.29, 0.717) is 31.0 Å². The Kier molecular flexibility index (Phi) is 4.58. The fourth-order valence-corrected chi connectivity index (χ4v) is 4.90. The van der Waals surface area contributed by atoms with Gasteiger partial charge in [0, 0.05) is 19.1 Å². The second kappa shape index (κ2) is 6.51. The number of urea groups is 1. The van der Waals surface area contributed by atoms with Gasteiger partial charge in [-0.15, -0.1) is 0 Å². The molecule has 8 heteroatoms. The van der Waals surface area contributed by atoms with Crippen molar-refractivity contribution >= 4 is 15.9 Å². The van der Waals surface area contributed by atoms with Crippen molar-refractivity contribution in [1.29, 1.82) is 0 Å². The molecule has 2 amide bonds. The van der Waals surface area contributed by atoms with Crippen LogP contribution in [0, 0.1) is 0 Å². The molecule has 1 aromatic carbocycles. The quantitative estimate of drug-likeness (QED) is 0.874. The summed E-state index contributed by atoms with van der Waals surface area (Å²) in [7, 11) is 0.180. The standard InChI is InChI=1S/C16H22N2O5S/c1-22-14-7-11-3-5-18(9-12(11)8-15(14)23-2)16(19)17-13-4-6-24(20,21)10-13/h7-8,13H,3-6,9-10H2,1-2H3,(H,17,19). The molecule has 2 aliphatic heterocycles. The summed E-state index contributed by atoms with van der Waals surface area (Å²) in [4.78, 5) is 14.1. The maximum absolute atomic E-state index is 12.4. The van der Waals surface area contributed by atoms with Gasteiger partial charge in [0.2, 0.25) is 0 Å². The van der Waals surface area contributed by atoms with Crippen LogP contribution in [0.1, 0.15) is 17.5 Å². The van der Waals surface area contributed by atoms with Crippen LogP contribution in [0.25, 0.3) is 0 Å². The van der Waals surface area contributed by atoms with E-state index in [1.165, 1.54) is 0 Å². The van der Waals surface area contributed by atoms with Crippen LogP contribution >= 0.6 is 0 Å². The Labute approximate surface area is 141 Å². The molecule has 0 aromatic heterocycles. The number of methoxy groups -OCH3 is 2. The van der Waals surface area contributed by atoms with E-state index in [9.17, 15) is 13.2 Å². The van der Waals surface area contributed by atoms with Gasteiger partial charge in [0.05, 0.1) is 25.7 Å². The lowest BCUT2D eigenvalue weighted by Gasteiger charge is -2.30. The van der Waals surface area contributed by atoms with Crippen molar-refractivity contribution < 1.29 is 22.7 Å². The number of fused-ring (bicyclic) bond motifs is 1. The molecule has 0 radical (unpaired) electrons. The number of carbonyl (C=O) groups excluding carboxylic acids is 1. The highest BCUT2D eigenvalue weighted by Gasteiger charge is 2.31. The molecule has 1 saturated heterocycles. The molecule has 1 atom stereocenters.